The van der Waals surface area contributed by atoms with Crippen molar-refractivity contribution in [2.24, 2.45) is 11.3 Å². The topological polar surface area (TPSA) is 166 Å². The zero-order valence-electron chi connectivity index (χ0n) is 40.3. The number of alkyl halides is 3. The zero-order chi connectivity index (χ0) is 48.9. The summed E-state index contributed by atoms with van der Waals surface area (Å²) in [6.45, 7) is 23.3. The predicted octanol–water partition coefficient (Wildman–Crippen LogP) is 9.61. The molecule has 362 valence electrons. The summed E-state index contributed by atoms with van der Waals surface area (Å²) in [5, 5.41) is 4.92. The van der Waals surface area contributed by atoms with Gasteiger partial charge in [-0.1, -0.05) is 99.8 Å². The van der Waals surface area contributed by atoms with Crippen LogP contribution in [0.25, 0.3) is 17.0 Å². The van der Waals surface area contributed by atoms with Crippen molar-refractivity contribution in [3.63, 3.8) is 0 Å². The number of fused-ring (bicyclic) bond motifs is 1. The Morgan fingerprint density at radius 1 is 0.985 bits per heavy atom. The number of carbonyl (C=O) groups is 5. The molecule has 2 fully saturated rings. The summed E-state index contributed by atoms with van der Waals surface area (Å²) < 4.78 is 21.9. The van der Waals surface area contributed by atoms with Crippen molar-refractivity contribution in [3.8, 4) is 0 Å². The van der Waals surface area contributed by atoms with Gasteiger partial charge >= 0.3 is 18.0 Å². The average molecular weight is 984 g/mol. The van der Waals surface area contributed by atoms with Crippen molar-refractivity contribution >= 4 is 89.9 Å². The number of esters is 2. The second kappa shape index (κ2) is 21.7. The normalized spacial score (nSPS) is 21.4. The Bertz CT molecular complexity index is 2060. The van der Waals surface area contributed by atoms with E-state index in [2.05, 4.69) is 44.6 Å². The molecule has 2 N–H and O–H groups in total. The van der Waals surface area contributed by atoms with Crippen LogP contribution in [-0.2, 0) is 37.8 Å². The summed E-state index contributed by atoms with van der Waals surface area (Å²) in [5.74, 6) is -2.78. The summed E-state index contributed by atoms with van der Waals surface area (Å²) >= 11 is 17.2. The minimum Gasteiger partial charge on any atom is -0.460 e. The van der Waals surface area contributed by atoms with Crippen LogP contribution in [-0.4, -0.2) is 107 Å². The van der Waals surface area contributed by atoms with Crippen molar-refractivity contribution in [2.45, 2.75) is 166 Å². The highest BCUT2D eigenvalue weighted by molar-refractivity contribution is 6.74. The lowest BCUT2D eigenvalue weighted by Gasteiger charge is -2.43. The molecule has 4 rings (SSSR count). The van der Waals surface area contributed by atoms with Crippen molar-refractivity contribution < 1.29 is 42.6 Å². The second-order valence-electron chi connectivity index (χ2n) is 20.4. The van der Waals surface area contributed by atoms with Gasteiger partial charge in [-0.3, -0.25) is 29.2 Å². The van der Waals surface area contributed by atoms with Crippen LogP contribution in [0.5, 0.6) is 0 Å². The van der Waals surface area contributed by atoms with Gasteiger partial charge in [0.2, 0.25) is 3.79 Å². The fraction of sp³-hybridized carbons (Fsp3) is 0.660. The molecule has 2 aromatic rings. The molecule has 18 heteroatoms. The molecular weight excluding hydrogens is 913 g/mol. The van der Waals surface area contributed by atoms with Crippen LogP contribution in [0.1, 0.15) is 125 Å². The largest absolute Gasteiger partial charge is 0.460 e. The maximum absolute atomic E-state index is 14.6. The van der Waals surface area contributed by atoms with Gasteiger partial charge in [0.15, 0.2) is 14.4 Å². The summed E-state index contributed by atoms with van der Waals surface area (Å²) in [7, 11) is -0.425. The summed E-state index contributed by atoms with van der Waals surface area (Å²) in [4.78, 5) is 74.1. The number of halogens is 3. The molecule has 2 heterocycles. The first-order valence-corrected chi connectivity index (χ1v) is 26.5. The van der Waals surface area contributed by atoms with Gasteiger partial charge in [0.1, 0.15) is 24.3 Å². The first-order chi connectivity index (χ1) is 29.9. The fourth-order valence-corrected chi connectivity index (χ4v) is 8.96. The molecule has 0 radical (unpaired) electrons. The van der Waals surface area contributed by atoms with Crippen LogP contribution in [0.4, 0.5) is 4.79 Å². The molecule has 1 saturated carbocycles. The maximum Gasteiger partial charge on any atom is 0.410 e. The molecule has 0 spiro atoms. The molecule has 14 nitrogen and oxygen atoms in total. The van der Waals surface area contributed by atoms with E-state index in [-0.39, 0.29) is 23.7 Å². The summed E-state index contributed by atoms with van der Waals surface area (Å²) in [5.41, 5.74) is 3.35. The molecule has 1 aromatic heterocycles. The van der Waals surface area contributed by atoms with Gasteiger partial charge in [0.25, 0.3) is 11.8 Å². The highest BCUT2D eigenvalue weighted by atomic mass is 35.6. The quantitative estimate of drug-likeness (QED) is 0.0802. The minimum absolute atomic E-state index is 0.00810. The van der Waals surface area contributed by atoms with Crippen LogP contribution in [0.15, 0.2) is 36.4 Å². The number of hydrazine groups is 1. The van der Waals surface area contributed by atoms with Gasteiger partial charge in [0.05, 0.1) is 22.7 Å². The van der Waals surface area contributed by atoms with Crippen LogP contribution < -0.4 is 10.7 Å². The molecule has 0 bridgehead atoms. The minimum atomic E-state index is -2.11. The number of rotatable bonds is 14. The van der Waals surface area contributed by atoms with Gasteiger partial charge in [-0.05, 0) is 115 Å². The molecule has 1 aliphatic heterocycles. The summed E-state index contributed by atoms with van der Waals surface area (Å²) in [6.07, 6.45) is 5.05. The van der Waals surface area contributed by atoms with E-state index in [4.69, 9.17) is 58.4 Å². The molecule has 1 saturated heterocycles. The Labute approximate surface area is 401 Å². The van der Waals surface area contributed by atoms with Crippen LogP contribution in [0.3, 0.4) is 0 Å². The molecule has 2 aliphatic rings. The van der Waals surface area contributed by atoms with E-state index in [1.54, 1.807) is 20.9 Å². The number of ether oxygens (including phenoxy) is 3. The third-order valence-electron chi connectivity index (χ3n) is 12.5. The number of pyridine rings is 1. The lowest BCUT2D eigenvalue weighted by atomic mass is 9.72. The van der Waals surface area contributed by atoms with Crippen molar-refractivity contribution in [1.29, 1.82) is 0 Å². The smallest absolute Gasteiger partial charge is 0.410 e. The number of nitrogens with one attached hydrogen (secondary N) is 2. The Hall–Kier alpha value is -3.47. The van der Waals surface area contributed by atoms with Gasteiger partial charge in [-0.2, -0.15) is 0 Å². The molecule has 3 amide bonds. The van der Waals surface area contributed by atoms with Crippen LogP contribution in [0.2, 0.25) is 18.1 Å². The molecule has 65 heavy (non-hydrogen) atoms. The number of aromatic nitrogens is 1. The SMILES string of the molecule is CC(C)[C@H](OC(=O)[C@]1(/C=C/c2ccc3ccc([C@@H](C)N(C)C(=O)OC(C)(C)C)nc3c2)CC[C@H](O[Si](C)(C)C(C)(C)C)CC1)C(=O)N[C@@H](C)C(=O)N1CCC[C@@H](C(=O)OCC(Cl)(Cl)Cl)N1. The van der Waals surface area contributed by atoms with Gasteiger partial charge < -0.3 is 28.9 Å². The number of hydrogen-bond acceptors (Lipinski definition) is 11. The Kier molecular flexibility index (Phi) is 18.0. The Balaban J connectivity index is 1.56. The highest BCUT2D eigenvalue weighted by Crippen LogP contribution is 2.44. The van der Waals surface area contributed by atoms with Crippen molar-refractivity contribution in [2.75, 3.05) is 20.2 Å². The van der Waals surface area contributed by atoms with E-state index in [1.807, 2.05) is 70.2 Å². The van der Waals surface area contributed by atoms with E-state index < -0.39 is 83.7 Å². The Morgan fingerprint density at radius 2 is 1.62 bits per heavy atom. The second-order valence-corrected chi connectivity index (χ2v) is 27.6. The number of nitrogens with zero attached hydrogens (tertiary/aromatic N) is 3. The standard InChI is InChI=1S/C47H70Cl3N5O9Si/c1-29(2)38(39(56)51-30(3)40(57)55-26-14-15-36(53-55)41(58)61-28-47(48,49)50)62-42(59)46(24-21-34(22-25-46)64-65(12,13)45(8,9)10)23-20-32-16-17-33-18-19-35(52-37(33)27-32)31(4)54(11)43(60)63-44(5,6)7/h16-20,23,27,29-31,34,36,38,53H,14-15,21-22,24-26,28H2,1-13H3,(H,51,56)/b23-20+/t30-,31+,34-,36-,38-,46+/m0/s1. The first-order valence-electron chi connectivity index (χ1n) is 22.5. The molecule has 0 unspecified atom stereocenters. The fourth-order valence-electron chi connectivity index (χ4n) is 7.37. The third kappa shape index (κ3) is 15.0. The van der Waals surface area contributed by atoms with E-state index in [1.165, 1.54) is 16.8 Å². The van der Waals surface area contributed by atoms with E-state index >= 15 is 0 Å². The highest BCUT2D eigenvalue weighted by Gasteiger charge is 2.46. The molecule has 1 aromatic carbocycles. The maximum atomic E-state index is 14.6. The number of amides is 3. The van der Waals surface area contributed by atoms with Crippen LogP contribution >= 0.6 is 34.8 Å². The number of carbonyl (C=O) groups excluding carboxylic acids is 5. The van der Waals surface area contributed by atoms with E-state index in [9.17, 15) is 24.0 Å². The zero-order valence-corrected chi connectivity index (χ0v) is 43.6. The first kappa shape index (κ1) is 54.1. The summed E-state index contributed by atoms with van der Waals surface area (Å²) in [6, 6.07) is 7.45. The predicted molar refractivity (Wildman–Crippen MR) is 258 cm³/mol. The van der Waals surface area contributed by atoms with Crippen molar-refractivity contribution in [3.05, 3.63) is 47.7 Å². The van der Waals surface area contributed by atoms with Gasteiger partial charge in [-0.15, -0.1) is 0 Å². The van der Waals surface area contributed by atoms with Crippen LogP contribution in [0, 0.1) is 11.3 Å². The number of hydrogen-bond donors (Lipinski definition) is 2. The third-order valence-corrected chi connectivity index (χ3v) is 17.3. The van der Waals surface area contributed by atoms with Gasteiger partial charge in [0, 0.05) is 25.1 Å². The van der Waals surface area contributed by atoms with Gasteiger partial charge in [-0.25, -0.2) is 10.2 Å². The van der Waals surface area contributed by atoms with E-state index in [0.29, 0.717) is 49.7 Å². The lowest BCUT2D eigenvalue weighted by Crippen LogP contribution is -2.60. The van der Waals surface area contributed by atoms with Crippen molar-refractivity contribution in [1.82, 2.24) is 25.6 Å². The average Bonchev–Trinajstić information content (AvgIpc) is 3.21. The number of benzene rings is 1. The monoisotopic (exact) mass is 981 g/mol. The molecule has 4 atom stereocenters. The Morgan fingerprint density at radius 3 is 2.20 bits per heavy atom. The molecular formula is C47H70Cl3N5O9Si. The van der Waals surface area contributed by atoms with E-state index in [0.717, 1.165) is 10.9 Å². The lowest BCUT2D eigenvalue weighted by molar-refractivity contribution is -0.168. The molecule has 1 aliphatic carbocycles.